The van der Waals surface area contributed by atoms with Crippen molar-refractivity contribution in [3.05, 3.63) is 33.4 Å². The van der Waals surface area contributed by atoms with E-state index >= 15 is 0 Å². The van der Waals surface area contributed by atoms with Gasteiger partial charge in [0, 0.05) is 0 Å². The van der Waals surface area contributed by atoms with Gasteiger partial charge in [-0.3, -0.25) is 0 Å². The van der Waals surface area contributed by atoms with Gasteiger partial charge in [-0.15, -0.1) is 0 Å². The van der Waals surface area contributed by atoms with Crippen LogP contribution >= 0.6 is 0 Å². The van der Waals surface area contributed by atoms with Gasteiger partial charge in [-0.1, -0.05) is 26.0 Å². The zero-order chi connectivity index (χ0) is 13.6. The molecule has 1 rings (SSSR count). The van der Waals surface area contributed by atoms with Crippen molar-refractivity contribution in [2.24, 2.45) is 5.92 Å². The first kappa shape index (κ1) is 13.8. The summed E-state index contributed by atoms with van der Waals surface area (Å²) < 4.78 is 47.7. The van der Waals surface area contributed by atoms with E-state index < -0.39 is 7.25 Å². The number of rotatable bonds is 2. The van der Waals surface area contributed by atoms with Gasteiger partial charge >= 0.3 is 7.25 Å². The molecule has 0 unspecified atom stereocenters. The van der Waals surface area contributed by atoms with Crippen LogP contribution in [0.4, 0.5) is 17.3 Å². The maximum absolute atomic E-state index is 9.75. The minimum absolute atomic E-state index is 0.665. The molecular weight excluding hydrogens is 334 g/mol. The summed E-state index contributed by atoms with van der Waals surface area (Å²) in [4.78, 5) is 0. The summed E-state index contributed by atoms with van der Waals surface area (Å²) in [6.45, 7) is 4.40. The van der Waals surface area contributed by atoms with Crippen LogP contribution in [0.3, 0.4) is 0 Å². The standard InChI is InChI=1S/C10H14I.BF4/c1-8(2)7-9-3-5-10(11)6-4-9;2-1(3,4)5/h3-6,8,11H,7H2,1-2H3;/q+1;-1/i5D;. The molecule has 92 valence electrons. The lowest BCUT2D eigenvalue weighted by atomic mass is 10.0. The van der Waals surface area contributed by atoms with E-state index in [-0.39, 0.29) is 0 Å². The molecule has 0 saturated carbocycles. The van der Waals surface area contributed by atoms with E-state index in [4.69, 9.17) is 1.37 Å². The van der Waals surface area contributed by atoms with Gasteiger partial charge in [0.2, 0.25) is 0 Å². The molecule has 0 spiro atoms. The van der Waals surface area contributed by atoms with Gasteiger partial charge in [0.1, 0.15) is 0 Å². The molecule has 0 aliphatic carbocycles. The van der Waals surface area contributed by atoms with Crippen LogP contribution in [0.25, 0.3) is 0 Å². The normalized spacial score (nSPS) is 11.9. The number of hydrogen-bond acceptors (Lipinski definition) is 0. The van der Waals surface area contributed by atoms with Gasteiger partial charge in [-0.25, -0.2) is 0 Å². The molecule has 16 heavy (non-hydrogen) atoms. The second kappa shape index (κ2) is 7.14. The highest BCUT2D eigenvalue weighted by molar-refractivity contribution is 6.50. The Morgan fingerprint density at radius 3 is 2.12 bits per heavy atom. The van der Waals surface area contributed by atoms with E-state index in [0.717, 1.165) is 9.99 Å². The van der Waals surface area contributed by atoms with Gasteiger partial charge in [0.25, 0.3) is 22.6 Å². The highest BCUT2D eigenvalue weighted by Crippen LogP contribution is 2.07. The van der Waals surface area contributed by atoms with E-state index in [0.29, 0.717) is 12.0 Å². The van der Waals surface area contributed by atoms with Gasteiger partial charge < -0.3 is 17.3 Å². The van der Waals surface area contributed by atoms with E-state index in [1.165, 1.54) is 5.56 Å². The fraction of sp³-hybridized carbons (Fsp3) is 0.400. The SMILES string of the molecule is F[B-](F)(F)F.[2H]c1cc(CC(C)C)ccc1[IH+]. The maximum atomic E-state index is 9.75. The molecule has 0 aromatic heterocycles. The van der Waals surface area contributed by atoms with Crippen LogP contribution in [0.2, 0.25) is 0 Å². The first-order valence-corrected chi connectivity index (χ1v) is 5.90. The second-order valence-electron chi connectivity index (χ2n) is 3.65. The molecule has 0 amide bonds. The summed E-state index contributed by atoms with van der Waals surface area (Å²) >= 11 is 1.90. The number of halogens is 5. The van der Waals surface area contributed by atoms with Crippen molar-refractivity contribution in [1.82, 2.24) is 0 Å². The fourth-order valence-corrected chi connectivity index (χ4v) is 1.40. The average Bonchev–Trinajstić information content (AvgIpc) is 2.07. The zero-order valence-electron chi connectivity index (χ0n) is 10.0. The Morgan fingerprint density at radius 2 is 1.75 bits per heavy atom. The van der Waals surface area contributed by atoms with E-state index in [1.807, 2.05) is 34.7 Å². The summed E-state index contributed by atoms with van der Waals surface area (Å²) in [5.41, 5.74) is 1.28. The Kier molecular flexibility index (Phi) is 6.16. The van der Waals surface area contributed by atoms with Crippen molar-refractivity contribution in [2.45, 2.75) is 20.3 Å². The van der Waals surface area contributed by atoms with Gasteiger partial charge in [-0.2, -0.15) is 0 Å². The Bertz CT molecular complexity index is 349. The Balaban J connectivity index is 0.000000437. The largest absolute Gasteiger partial charge is 0.673 e. The minimum Gasteiger partial charge on any atom is -0.418 e. The molecule has 0 heterocycles. The Labute approximate surface area is 108 Å². The van der Waals surface area contributed by atoms with Crippen molar-refractivity contribution in [3.63, 3.8) is 0 Å². The number of benzene rings is 1. The maximum Gasteiger partial charge on any atom is 0.673 e. The summed E-state index contributed by atoms with van der Waals surface area (Å²) in [5, 5.41) is 0. The first-order valence-electron chi connectivity index (χ1n) is 5.23. The van der Waals surface area contributed by atoms with Crippen LogP contribution in [-0.2, 0) is 6.42 Å². The van der Waals surface area contributed by atoms with Crippen LogP contribution in [0.5, 0.6) is 0 Å². The molecule has 0 bridgehead atoms. The predicted octanol–water partition coefficient (Wildman–Crippen LogP) is 0.640. The molecule has 0 fully saturated rings. The molecule has 1 aromatic carbocycles. The van der Waals surface area contributed by atoms with Gasteiger partial charge in [-0.05, 0) is 30.0 Å². The molecule has 6 heteroatoms. The van der Waals surface area contributed by atoms with Crippen LogP contribution in [0, 0.1) is 9.49 Å². The Morgan fingerprint density at radius 1 is 1.25 bits per heavy atom. The van der Waals surface area contributed by atoms with Crippen molar-refractivity contribution in [2.75, 3.05) is 0 Å². The summed E-state index contributed by atoms with van der Waals surface area (Å²) in [5.74, 6) is 0.674. The third kappa shape index (κ3) is 11.8. The molecule has 0 nitrogen and oxygen atoms in total. The highest BCUT2D eigenvalue weighted by Gasteiger charge is 2.20. The molecule has 0 aliphatic rings. The number of hydrogen-bond donors (Lipinski definition) is 0. The van der Waals surface area contributed by atoms with Gasteiger partial charge in [0.15, 0.2) is 3.57 Å². The average molecular weight is 349 g/mol. The molecule has 0 atom stereocenters. The van der Waals surface area contributed by atoms with E-state index in [9.17, 15) is 17.3 Å². The third-order valence-corrected chi connectivity index (χ3v) is 2.22. The second-order valence-corrected chi connectivity index (χ2v) is 4.91. The first-order chi connectivity index (χ1) is 7.59. The quantitative estimate of drug-likeness (QED) is 0.418. The van der Waals surface area contributed by atoms with E-state index in [2.05, 4.69) is 19.9 Å². The lowest BCUT2D eigenvalue weighted by Gasteiger charge is -2.02. The predicted molar refractivity (Wildman–Crippen MR) is 55.3 cm³/mol. The van der Waals surface area contributed by atoms with Crippen LogP contribution < -0.4 is 22.6 Å². The van der Waals surface area contributed by atoms with E-state index in [1.54, 1.807) is 0 Å². The smallest absolute Gasteiger partial charge is 0.418 e. The third-order valence-electron chi connectivity index (χ3n) is 1.49. The monoisotopic (exact) mass is 349 g/mol. The summed E-state index contributed by atoms with van der Waals surface area (Å²) in [6, 6.07) is 6.79. The summed E-state index contributed by atoms with van der Waals surface area (Å²) in [6.07, 6.45) is 1.08. The van der Waals surface area contributed by atoms with Crippen molar-refractivity contribution < 1.29 is 41.2 Å². The zero-order valence-corrected chi connectivity index (χ0v) is 11.3. The molecule has 0 aliphatic heterocycles. The molecular formula is C10H14BF4I. The molecule has 0 radical (unpaired) electrons. The van der Waals surface area contributed by atoms with Crippen molar-refractivity contribution in [3.8, 4) is 0 Å². The Hall–Kier alpha value is -0.265. The summed E-state index contributed by atoms with van der Waals surface area (Å²) in [7, 11) is -6.00. The molecule has 1 aromatic rings. The highest BCUT2D eigenvalue weighted by atomic mass is 127. The topological polar surface area (TPSA) is 0 Å². The van der Waals surface area contributed by atoms with Crippen LogP contribution in [-0.4, -0.2) is 7.25 Å². The van der Waals surface area contributed by atoms with Crippen molar-refractivity contribution in [1.29, 1.82) is 0 Å². The lowest BCUT2D eigenvalue weighted by molar-refractivity contribution is -0.328. The van der Waals surface area contributed by atoms with Crippen LogP contribution in [0.1, 0.15) is 20.8 Å². The molecule has 0 saturated heterocycles. The van der Waals surface area contributed by atoms with Crippen molar-refractivity contribution >= 4 is 7.25 Å². The van der Waals surface area contributed by atoms with Gasteiger partial charge in [0.05, 0.1) is 1.37 Å². The lowest BCUT2D eigenvalue weighted by Crippen LogP contribution is -3.34. The minimum atomic E-state index is -6.00. The fourth-order valence-electron chi connectivity index (χ4n) is 1.04. The van der Waals surface area contributed by atoms with Crippen LogP contribution in [0.15, 0.2) is 24.2 Å². The molecule has 0 N–H and O–H groups in total.